The summed E-state index contributed by atoms with van der Waals surface area (Å²) in [6.45, 7) is 3.15. The summed E-state index contributed by atoms with van der Waals surface area (Å²) in [5.41, 5.74) is 0. The molecule has 21 heavy (non-hydrogen) atoms. The van der Waals surface area contributed by atoms with Gasteiger partial charge in [0.2, 0.25) is 5.91 Å². The summed E-state index contributed by atoms with van der Waals surface area (Å²) in [5, 5.41) is 10.1. The van der Waals surface area contributed by atoms with Gasteiger partial charge in [0.25, 0.3) is 0 Å². The van der Waals surface area contributed by atoms with Crippen molar-refractivity contribution in [1.29, 1.82) is 0 Å². The molecule has 1 amide bonds. The van der Waals surface area contributed by atoms with E-state index in [9.17, 15) is 9.90 Å². The van der Waals surface area contributed by atoms with Crippen molar-refractivity contribution in [2.75, 3.05) is 6.54 Å². The number of amides is 1. The van der Waals surface area contributed by atoms with Crippen molar-refractivity contribution in [2.45, 2.75) is 96.1 Å². The second kappa shape index (κ2) is 8.77. The molecule has 1 N–H and O–H groups in total. The average molecular weight is 295 g/mol. The summed E-state index contributed by atoms with van der Waals surface area (Å²) in [5.74, 6) is 0.688. The number of carbonyl (C=O) groups is 1. The molecule has 3 heteroatoms. The number of carbonyl (C=O) groups excluding carboxylic acids is 1. The summed E-state index contributed by atoms with van der Waals surface area (Å²) in [6, 6.07) is 0.329. The van der Waals surface area contributed by atoms with Crippen molar-refractivity contribution in [1.82, 2.24) is 4.90 Å². The molecule has 2 rings (SSSR count). The number of hydrogen-bond donors (Lipinski definition) is 1. The van der Waals surface area contributed by atoms with E-state index in [1.54, 1.807) is 0 Å². The maximum absolute atomic E-state index is 12.5. The van der Waals surface area contributed by atoms with E-state index in [1.165, 1.54) is 32.1 Å². The van der Waals surface area contributed by atoms with Crippen LogP contribution in [0.25, 0.3) is 0 Å². The molecular weight excluding hydrogens is 262 g/mol. The lowest BCUT2D eigenvalue weighted by Crippen LogP contribution is -2.42. The van der Waals surface area contributed by atoms with Crippen LogP contribution in [0.1, 0.15) is 84.0 Å². The first kappa shape index (κ1) is 16.8. The van der Waals surface area contributed by atoms with E-state index in [4.69, 9.17) is 0 Å². The quantitative estimate of drug-likeness (QED) is 0.690. The van der Waals surface area contributed by atoms with Crippen LogP contribution < -0.4 is 0 Å². The number of aliphatic hydroxyl groups is 1. The predicted molar refractivity (Wildman–Crippen MR) is 86.1 cm³/mol. The smallest absolute Gasteiger partial charge is 0.222 e. The fourth-order valence-corrected chi connectivity index (χ4v) is 4.17. The minimum atomic E-state index is -0.169. The molecule has 0 spiro atoms. The van der Waals surface area contributed by atoms with Gasteiger partial charge in [-0.2, -0.15) is 0 Å². The van der Waals surface area contributed by atoms with E-state index in [0.29, 0.717) is 24.3 Å². The Labute approximate surface area is 130 Å². The highest BCUT2D eigenvalue weighted by Gasteiger charge is 2.39. The van der Waals surface area contributed by atoms with Crippen LogP contribution in [0.3, 0.4) is 0 Å². The number of aliphatic hydroxyl groups excluding tert-OH is 1. The third kappa shape index (κ3) is 4.70. The first-order valence-electron chi connectivity index (χ1n) is 9.21. The highest BCUT2D eigenvalue weighted by Crippen LogP contribution is 2.36. The fraction of sp³-hybridized carbons (Fsp3) is 0.944. The van der Waals surface area contributed by atoms with E-state index in [1.807, 2.05) is 0 Å². The summed E-state index contributed by atoms with van der Waals surface area (Å²) < 4.78 is 0. The molecular formula is C18H33NO2. The first-order chi connectivity index (χ1) is 10.2. The SMILES string of the molecule is CCCCCCCCC(=O)N1CCCC1C1CCCC1O. The van der Waals surface area contributed by atoms with Gasteiger partial charge >= 0.3 is 0 Å². The van der Waals surface area contributed by atoms with Gasteiger partial charge in [0.1, 0.15) is 0 Å². The van der Waals surface area contributed by atoms with E-state index >= 15 is 0 Å². The number of rotatable bonds is 8. The highest BCUT2D eigenvalue weighted by molar-refractivity contribution is 5.76. The number of hydrogen-bond acceptors (Lipinski definition) is 2. The molecule has 1 heterocycles. The van der Waals surface area contributed by atoms with Crippen LogP contribution in [-0.4, -0.2) is 34.6 Å². The van der Waals surface area contributed by atoms with Gasteiger partial charge in [0.15, 0.2) is 0 Å². The van der Waals surface area contributed by atoms with E-state index < -0.39 is 0 Å². The monoisotopic (exact) mass is 295 g/mol. The van der Waals surface area contributed by atoms with Gasteiger partial charge in [-0.05, 0) is 32.1 Å². The zero-order valence-electron chi connectivity index (χ0n) is 13.7. The largest absolute Gasteiger partial charge is 0.393 e. The van der Waals surface area contributed by atoms with Crippen molar-refractivity contribution in [2.24, 2.45) is 5.92 Å². The molecule has 0 bridgehead atoms. The second-order valence-electron chi connectivity index (χ2n) is 6.98. The predicted octanol–water partition coefficient (Wildman–Crippen LogP) is 3.89. The third-order valence-electron chi connectivity index (χ3n) is 5.39. The van der Waals surface area contributed by atoms with Gasteiger partial charge in [0.05, 0.1) is 6.10 Å². The molecule has 3 nitrogen and oxygen atoms in total. The van der Waals surface area contributed by atoms with Gasteiger partial charge in [-0.25, -0.2) is 0 Å². The Balaban J connectivity index is 1.71. The molecule has 1 aliphatic heterocycles. The van der Waals surface area contributed by atoms with Crippen LogP contribution in [0.2, 0.25) is 0 Å². The molecule has 3 atom stereocenters. The van der Waals surface area contributed by atoms with Crippen LogP contribution in [0.15, 0.2) is 0 Å². The molecule has 0 aromatic heterocycles. The molecule has 0 aromatic carbocycles. The normalized spacial score (nSPS) is 29.2. The molecule has 2 aliphatic rings. The molecule has 1 saturated carbocycles. The standard InChI is InChI=1S/C18H33NO2/c1-2-3-4-5-6-7-13-18(21)19-14-9-11-16(19)15-10-8-12-17(15)20/h15-17,20H,2-14H2,1H3. The Morgan fingerprint density at radius 1 is 1.05 bits per heavy atom. The van der Waals surface area contributed by atoms with E-state index in [0.717, 1.165) is 45.1 Å². The minimum Gasteiger partial charge on any atom is -0.393 e. The molecule has 0 radical (unpaired) electrons. The zero-order chi connectivity index (χ0) is 15.1. The van der Waals surface area contributed by atoms with Gasteiger partial charge in [-0.1, -0.05) is 45.4 Å². The lowest BCUT2D eigenvalue weighted by molar-refractivity contribution is -0.133. The lowest BCUT2D eigenvalue weighted by Gasteiger charge is -2.31. The second-order valence-corrected chi connectivity index (χ2v) is 6.98. The van der Waals surface area contributed by atoms with Crippen molar-refractivity contribution >= 4 is 5.91 Å². The highest BCUT2D eigenvalue weighted by atomic mass is 16.3. The molecule has 122 valence electrons. The maximum Gasteiger partial charge on any atom is 0.222 e. The number of unbranched alkanes of at least 4 members (excludes halogenated alkanes) is 5. The maximum atomic E-state index is 12.5. The van der Waals surface area contributed by atoms with Crippen LogP contribution >= 0.6 is 0 Å². The van der Waals surface area contributed by atoms with Crippen molar-refractivity contribution in [3.8, 4) is 0 Å². The Morgan fingerprint density at radius 3 is 2.52 bits per heavy atom. The lowest BCUT2D eigenvalue weighted by atomic mass is 9.94. The van der Waals surface area contributed by atoms with Crippen LogP contribution in [0.5, 0.6) is 0 Å². The molecule has 0 aromatic rings. The first-order valence-corrected chi connectivity index (χ1v) is 9.21. The Bertz CT molecular complexity index is 318. The minimum absolute atomic E-state index is 0.169. The average Bonchev–Trinajstić information content (AvgIpc) is 3.10. The Morgan fingerprint density at radius 2 is 1.81 bits per heavy atom. The van der Waals surface area contributed by atoms with Crippen molar-refractivity contribution in [3.63, 3.8) is 0 Å². The topological polar surface area (TPSA) is 40.5 Å². The third-order valence-corrected chi connectivity index (χ3v) is 5.39. The number of likely N-dealkylation sites (tertiary alicyclic amines) is 1. The van der Waals surface area contributed by atoms with Crippen LogP contribution in [0.4, 0.5) is 0 Å². The molecule has 3 unspecified atom stereocenters. The van der Waals surface area contributed by atoms with Gasteiger partial charge in [0, 0.05) is 24.9 Å². The van der Waals surface area contributed by atoms with Crippen LogP contribution in [-0.2, 0) is 4.79 Å². The van der Waals surface area contributed by atoms with E-state index in [-0.39, 0.29) is 6.10 Å². The Kier molecular flexibility index (Phi) is 7.01. The Hall–Kier alpha value is -0.570. The van der Waals surface area contributed by atoms with Crippen molar-refractivity contribution < 1.29 is 9.90 Å². The van der Waals surface area contributed by atoms with E-state index in [2.05, 4.69) is 11.8 Å². The van der Waals surface area contributed by atoms with Gasteiger partial charge in [-0.15, -0.1) is 0 Å². The molecule has 1 saturated heterocycles. The molecule has 1 aliphatic carbocycles. The summed E-state index contributed by atoms with van der Waals surface area (Å²) in [6.07, 6.45) is 13.3. The zero-order valence-corrected chi connectivity index (χ0v) is 13.7. The van der Waals surface area contributed by atoms with Gasteiger partial charge < -0.3 is 10.0 Å². The summed E-state index contributed by atoms with van der Waals surface area (Å²) in [4.78, 5) is 14.6. The van der Waals surface area contributed by atoms with Crippen molar-refractivity contribution in [3.05, 3.63) is 0 Å². The fourth-order valence-electron chi connectivity index (χ4n) is 4.17. The summed E-state index contributed by atoms with van der Waals surface area (Å²) >= 11 is 0. The molecule has 2 fully saturated rings. The number of nitrogens with zero attached hydrogens (tertiary/aromatic N) is 1. The van der Waals surface area contributed by atoms with Gasteiger partial charge in [-0.3, -0.25) is 4.79 Å². The van der Waals surface area contributed by atoms with Crippen LogP contribution in [0, 0.1) is 5.92 Å². The summed E-state index contributed by atoms with van der Waals surface area (Å²) in [7, 11) is 0.